The molecule has 2 nitrogen and oxygen atoms in total. The van der Waals surface area contributed by atoms with Crippen LogP contribution in [0.15, 0.2) is 24.3 Å². The number of halogens is 5. The summed E-state index contributed by atoms with van der Waals surface area (Å²) in [7, 11) is 0. The summed E-state index contributed by atoms with van der Waals surface area (Å²) in [6.45, 7) is -3.02. The van der Waals surface area contributed by atoms with Gasteiger partial charge >= 0.3 is 12.8 Å². The van der Waals surface area contributed by atoms with Crippen LogP contribution in [0.1, 0.15) is 18.0 Å². The van der Waals surface area contributed by atoms with Crippen LogP contribution >= 0.6 is 0 Å². The largest absolute Gasteiger partial charge is 0.435 e. The zero-order valence-electron chi connectivity index (χ0n) is 8.55. The van der Waals surface area contributed by atoms with Crippen molar-refractivity contribution in [3.8, 4) is 5.75 Å². The normalized spacial score (nSPS) is 13.8. The quantitative estimate of drug-likeness (QED) is 0.838. The molecule has 1 aromatic rings. The summed E-state index contributed by atoms with van der Waals surface area (Å²) in [5.41, 5.74) is 5.42. The molecule has 17 heavy (non-hydrogen) atoms. The van der Waals surface area contributed by atoms with Gasteiger partial charge in [0.05, 0.1) is 6.42 Å². The number of hydrogen-bond acceptors (Lipinski definition) is 2. The molecule has 0 saturated heterocycles. The fraction of sp³-hybridized carbons (Fsp3) is 0.400. The highest BCUT2D eigenvalue weighted by atomic mass is 19.4. The summed E-state index contributed by atoms with van der Waals surface area (Å²) in [5, 5.41) is 0. The third-order valence-corrected chi connectivity index (χ3v) is 1.96. The lowest BCUT2D eigenvalue weighted by Crippen LogP contribution is -2.20. The van der Waals surface area contributed by atoms with Gasteiger partial charge in [0.25, 0.3) is 0 Å². The second kappa shape index (κ2) is 5.31. The molecule has 0 amide bonds. The molecular formula is C10H10F5NO. The number of alkyl halides is 5. The van der Waals surface area contributed by atoms with Crippen molar-refractivity contribution < 1.29 is 26.7 Å². The lowest BCUT2D eigenvalue weighted by atomic mass is 10.0. The first-order chi connectivity index (χ1) is 7.78. The maximum Gasteiger partial charge on any atom is 0.390 e. The molecule has 96 valence electrons. The Kier molecular flexibility index (Phi) is 4.28. The first-order valence-corrected chi connectivity index (χ1v) is 4.65. The van der Waals surface area contributed by atoms with Gasteiger partial charge in [-0.2, -0.15) is 22.0 Å². The van der Waals surface area contributed by atoms with E-state index in [2.05, 4.69) is 4.74 Å². The van der Waals surface area contributed by atoms with Gasteiger partial charge in [-0.3, -0.25) is 0 Å². The van der Waals surface area contributed by atoms with E-state index in [9.17, 15) is 22.0 Å². The van der Waals surface area contributed by atoms with Crippen molar-refractivity contribution in [1.29, 1.82) is 0 Å². The Hall–Kier alpha value is -1.37. The van der Waals surface area contributed by atoms with E-state index in [0.29, 0.717) is 0 Å². The van der Waals surface area contributed by atoms with E-state index in [1.807, 2.05) is 0 Å². The molecule has 1 aromatic carbocycles. The summed E-state index contributed by atoms with van der Waals surface area (Å²) in [6, 6.07) is 3.63. The Morgan fingerprint density at radius 1 is 1.24 bits per heavy atom. The van der Waals surface area contributed by atoms with Crippen LogP contribution in [0, 0.1) is 0 Å². The molecule has 0 fully saturated rings. The highest BCUT2D eigenvalue weighted by Gasteiger charge is 2.31. The van der Waals surface area contributed by atoms with E-state index < -0.39 is 25.3 Å². The van der Waals surface area contributed by atoms with Gasteiger partial charge in [-0.1, -0.05) is 12.1 Å². The molecule has 0 bridgehead atoms. The molecule has 0 heterocycles. The minimum absolute atomic E-state index is 0.0977. The first kappa shape index (κ1) is 13.7. The second-order valence-corrected chi connectivity index (χ2v) is 3.38. The number of benzene rings is 1. The minimum atomic E-state index is -4.40. The summed E-state index contributed by atoms with van der Waals surface area (Å²) >= 11 is 0. The fourth-order valence-corrected chi connectivity index (χ4v) is 1.29. The minimum Gasteiger partial charge on any atom is -0.435 e. The average Bonchev–Trinajstić information content (AvgIpc) is 2.14. The number of hydrogen-bond donors (Lipinski definition) is 1. The molecule has 0 aliphatic carbocycles. The maximum absolute atomic E-state index is 12.1. The molecule has 1 atom stereocenters. The smallest absolute Gasteiger partial charge is 0.390 e. The van der Waals surface area contributed by atoms with Crippen molar-refractivity contribution in [3.05, 3.63) is 29.8 Å². The van der Waals surface area contributed by atoms with E-state index in [-0.39, 0.29) is 11.3 Å². The fourth-order valence-electron chi connectivity index (χ4n) is 1.29. The molecule has 0 spiro atoms. The van der Waals surface area contributed by atoms with Crippen LogP contribution in [-0.2, 0) is 0 Å². The molecule has 1 rings (SSSR count). The maximum atomic E-state index is 12.1. The van der Waals surface area contributed by atoms with Crippen molar-refractivity contribution in [2.45, 2.75) is 25.3 Å². The van der Waals surface area contributed by atoms with E-state index in [1.54, 1.807) is 0 Å². The lowest BCUT2D eigenvalue weighted by Gasteiger charge is -2.15. The highest BCUT2D eigenvalue weighted by molar-refractivity contribution is 5.30. The van der Waals surface area contributed by atoms with Crippen LogP contribution in [0.4, 0.5) is 22.0 Å². The van der Waals surface area contributed by atoms with Crippen molar-refractivity contribution in [1.82, 2.24) is 0 Å². The Morgan fingerprint density at radius 3 is 2.41 bits per heavy atom. The number of nitrogens with two attached hydrogens (primary N) is 1. The summed E-state index contributed by atoms with van der Waals surface area (Å²) in [4.78, 5) is 0. The van der Waals surface area contributed by atoms with Gasteiger partial charge in [0.1, 0.15) is 5.75 Å². The van der Waals surface area contributed by atoms with Gasteiger partial charge in [-0.25, -0.2) is 0 Å². The third-order valence-electron chi connectivity index (χ3n) is 1.96. The lowest BCUT2D eigenvalue weighted by molar-refractivity contribution is -0.138. The third kappa shape index (κ3) is 4.99. The predicted octanol–water partition coefficient (Wildman–Crippen LogP) is 3.24. The Balaban J connectivity index is 2.77. The van der Waals surface area contributed by atoms with E-state index >= 15 is 0 Å². The van der Waals surface area contributed by atoms with Crippen molar-refractivity contribution in [2.75, 3.05) is 0 Å². The average molecular weight is 255 g/mol. The highest BCUT2D eigenvalue weighted by Crippen LogP contribution is 2.29. The molecular weight excluding hydrogens is 245 g/mol. The molecule has 2 N–H and O–H groups in total. The SMILES string of the molecule is N[C@@H](CC(F)(F)F)c1cccc(OC(F)F)c1. The molecule has 0 aromatic heterocycles. The zero-order chi connectivity index (χ0) is 13.1. The van der Waals surface area contributed by atoms with Crippen molar-refractivity contribution >= 4 is 0 Å². The second-order valence-electron chi connectivity index (χ2n) is 3.38. The van der Waals surface area contributed by atoms with Crippen molar-refractivity contribution in [2.24, 2.45) is 5.73 Å². The summed E-state index contributed by atoms with van der Waals surface area (Å²) < 4.78 is 64.1. The van der Waals surface area contributed by atoms with Gasteiger partial charge in [0.2, 0.25) is 0 Å². The van der Waals surface area contributed by atoms with Gasteiger partial charge in [0, 0.05) is 6.04 Å². The molecule has 0 radical (unpaired) electrons. The monoisotopic (exact) mass is 255 g/mol. The predicted molar refractivity (Wildman–Crippen MR) is 50.7 cm³/mol. The Morgan fingerprint density at radius 2 is 1.88 bits per heavy atom. The van der Waals surface area contributed by atoms with E-state index in [4.69, 9.17) is 5.73 Å². The molecule has 0 unspecified atom stereocenters. The standard InChI is InChI=1S/C10H10F5NO/c11-9(12)17-7-3-1-2-6(4-7)8(16)5-10(13,14)15/h1-4,8-9H,5,16H2/t8-/m0/s1. The van der Waals surface area contributed by atoms with Crippen LogP contribution in [0.5, 0.6) is 5.75 Å². The molecule has 0 aliphatic heterocycles. The van der Waals surface area contributed by atoms with Crippen LogP contribution in [-0.4, -0.2) is 12.8 Å². The van der Waals surface area contributed by atoms with E-state index in [1.165, 1.54) is 18.2 Å². The van der Waals surface area contributed by atoms with Crippen LogP contribution in [0.2, 0.25) is 0 Å². The van der Waals surface area contributed by atoms with Gasteiger partial charge in [-0.15, -0.1) is 0 Å². The van der Waals surface area contributed by atoms with Gasteiger partial charge < -0.3 is 10.5 Å². The molecule has 7 heteroatoms. The van der Waals surface area contributed by atoms with Crippen molar-refractivity contribution in [3.63, 3.8) is 0 Å². The van der Waals surface area contributed by atoms with Crippen LogP contribution in [0.25, 0.3) is 0 Å². The number of ether oxygens (including phenoxy) is 1. The molecule has 0 saturated carbocycles. The Bertz CT molecular complexity index is 366. The Labute approximate surface area is 94.2 Å². The van der Waals surface area contributed by atoms with Crippen LogP contribution < -0.4 is 10.5 Å². The van der Waals surface area contributed by atoms with Gasteiger partial charge in [0.15, 0.2) is 0 Å². The summed E-state index contributed by atoms with van der Waals surface area (Å²) in [6.07, 6.45) is -5.62. The first-order valence-electron chi connectivity index (χ1n) is 4.65. The van der Waals surface area contributed by atoms with E-state index in [0.717, 1.165) is 6.07 Å². The topological polar surface area (TPSA) is 35.2 Å². The summed E-state index contributed by atoms with van der Waals surface area (Å²) in [5.74, 6) is -0.213. The van der Waals surface area contributed by atoms with Gasteiger partial charge in [-0.05, 0) is 17.7 Å². The molecule has 0 aliphatic rings. The zero-order valence-corrected chi connectivity index (χ0v) is 8.55. The number of rotatable bonds is 4. The van der Waals surface area contributed by atoms with Crippen LogP contribution in [0.3, 0.4) is 0 Å².